The third kappa shape index (κ3) is 5.09. The van der Waals surface area contributed by atoms with Crippen LogP contribution in [0.25, 0.3) is 10.8 Å². The lowest BCUT2D eigenvalue weighted by molar-refractivity contribution is -0.140. The molecule has 3 aromatic carbocycles. The zero-order valence-corrected chi connectivity index (χ0v) is 21.8. The van der Waals surface area contributed by atoms with E-state index in [0.717, 1.165) is 22.8 Å². The van der Waals surface area contributed by atoms with Crippen LogP contribution in [-0.2, 0) is 26.2 Å². The van der Waals surface area contributed by atoms with Crippen molar-refractivity contribution in [2.45, 2.75) is 63.6 Å². The predicted molar refractivity (Wildman–Crippen MR) is 142 cm³/mol. The Hall–Kier alpha value is -3.39. The fourth-order valence-electron chi connectivity index (χ4n) is 4.54. The Morgan fingerprint density at radius 3 is 2.36 bits per heavy atom. The molecular weight excluding hydrogens is 474 g/mol. The first-order valence-electron chi connectivity index (χ1n) is 12.4. The molecule has 0 aromatic heterocycles. The molecule has 0 saturated heterocycles. The maximum Gasteiger partial charge on any atom is 0.265 e. The van der Waals surface area contributed by atoms with Gasteiger partial charge in [-0.05, 0) is 49.8 Å². The summed E-state index contributed by atoms with van der Waals surface area (Å²) in [7, 11) is -3.67. The number of carbonyl (C=O) groups is 2. The van der Waals surface area contributed by atoms with Gasteiger partial charge in [0.2, 0.25) is 11.8 Å². The molecule has 1 N–H and O–H groups in total. The number of benzene rings is 3. The van der Waals surface area contributed by atoms with Gasteiger partial charge in [0.05, 0.1) is 10.6 Å². The largest absolute Gasteiger partial charge is 0.352 e. The molecule has 8 heteroatoms. The van der Waals surface area contributed by atoms with E-state index in [2.05, 4.69) is 5.32 Å². The monoisotopic (exact) mass is 507 g/mol. The van der Waals surface area contributed by atoms with Gasteiger partial charge in [-0.3, -0.25) is 13.9 Å². The molecule has 0 unspecified atom stereocenters. The van der Waals surface area contributed by atoms with E-state index in [1.165, 1.54) is 4.31 Å². The van der Waals surface area contributed by atoms with Gasteiger partial charge in [-0.15, -0.1) is 0 Å². The molecule has 36 heavy (non-hydrogen) atoms. The summed E-state index contributed by atoms with van der Waals surface area (Å²) in [6, 6.07) is 19.8. The van der Waals surface area contributed by atoms with E-state index >= 15 is 0 Å². The SMILES string of the molecule is CC[C@@H](C)NC(=O)[C@@H](C)N(Cc1ccccc1)C(=O)CCCN1c2cccc3cccc(c23)S1(=O)=O. The first kappa shape index (κ1) is 25.7. The number of hydrogen-bond donors (Lipinski definition) is 1. The van der Waals surface area contributed by atoms with E-state index in [9.17, 15) is 18.0 Å². The van der Waals surface area contributed by atoms with Gasteiger partial charge in [0.1, 0.15) is 6.04 Å². The molecule has 0 bridgehead atoms. The number of nitrogens with zero attached hydrogens (tertiary/aromatic N) is 2. The van der Waals surface area contributed by atoms with Crippen LogP contribution in [0.4, 0.5) is 5.69 Å². The maximum atomic E-state index is 13.4. The highest BCUT2D eigenvalue weighted by Crippen LogP contribution is 2.42. The average molecular weight is 508 g/mol. The number of carbonyl (C=O) groups excluding carboxylic acids is 2. The molecule has 1 aliphatic rings. The fourth-order valence-corrected chi connectivity index (χ4v) is 6.29. The van der Waals surface area contributed by atoms with Crippen LogP contribution < -0.4 is 9.62 Å². The van der Waals surface area contributed by atoms with E-state index < -0.39 is 16.1 Å². The minimum atomic E-state index is -3.67. The molecule has 0 fully saturated rings. The van der Waals surface area contributed by atoms with Crippen molar-refractivity contribution in [2.24, 2.45) is 0 Å². The Bertz CT molecular complexity index is 1350. The van der Waals surface area contributed by atoms with Crippen molar-refractivity contribution in [3.05, 3.63) is 72.3 Å². The second-order valence-corrected chi connectivity index (χ2v) is 11.1. The van der Waals surface area contributed by atoms with Crippen molar-refractivity contribution in [1.82, 2.24) is 10.2 Å². The van der Waals surface area contributed by atoms with Crippen LogP contribution in [0, 0.1) is 0 Å². The second kappa shape index (κ2) is 10.7. The van der Waals surface area contributed by atoms with Crippen molar-refractivity contribution in [2.75, 3.05) is 10.8 Å². The minimum absolute atomic E-state index is 0.0124. The van der Waals surface area contributed by atoms with Crippen LogP contribution in [-0.4, -0.2) is 43.8 Å². The molecule has 0 aliphatic carbocycles. The van der Waals surface area contributed by atoms with Crippen molar-refractivity contribution in [3.8, 4) is 0 Å². The molecule has 190 valence electrons. The summed E-state index contributed by atoms with van der Waals surface area (Å²) < 4.78 is 27.8. The number of hydrogen-bond acceptors (Lipinski definition) is 4. The molecule has 0 radical (unpaired) electrons. The third-order valence-electron chi connectivity index (χ3n) is 6.80. The highest BCUT2D eigenvalue weighted by molar-refractivity contribution is 7.93. The number of nitrogens with one attached hydrogen (secondary N) is 1. The van der Waals surface area contributed by atoms with Crippen LogP contribution in [0.1, 0.15) is 45.6 Å². The lowest BCUT2D eigenvalue weighted by Crippen LogP contribution is -2.49. The average Bonchev–Trinajstić information content (AvgIpc) is 3.10. The standard InChI is InChI=1S/C28H33N3O4S/c1-4-20(2)29-28(33)21(3)30(19-22-11-6-5-7-12-22)26(32)17-10-18-31-24-15-8-13-23-14-9-16-25(27(23)24)36(31,34)35/h5-9,11-16,20-21H,4,10,17-19H2,1-3H3,(H,29,33)/t20-,21-/m1/s1. The number of rotatable bonds is 10. The zero-order valence-electron chi connectivity index (χ0n) is 21.0. The summed E-state index contributed by atoms with van der Waals surface area (Å²) in [4.78, 5) is 28.1. The Morgan fingerprint density at radius 2 is 1.67 bits per heavy atom. The fraction of sp³-hybridized carbons (Fsp3) is 0.357. The normalized spacial score (nSPS) is 15.5. The smallest absolute Gasteiger partial charge is 0.265 e. The molecule has 7 nitrogen and oxygen atoms in total. The zero-order chi connectivity index (χ0) is 25.9. The highest BCUT2D eigenvalue weighted by atomic mass is 32.2. The van der Waals surface area contributed by atoms with Gasteiger partial charge in [0, 0.05) is 30.9 Å². The molecule has 4 rings (SSSR count). The molecule has 0 saturated carbocycles. The second-order valence-electron chi connectivity index (χ2n) is 9.31. The van der Waals surface area contributed by atoms with Crippen LogP contribution in [0.5, 0.6) is 0 Å². The topological polar surface area (TPSA) is 86.8 Å². The van der Waals surface area contributed by atoms with Gasteiger partial charge >= 0.3 is 0 Å². The molecule has 2 amide bonds. The van der Waals surface area contributed by atoms with Crippen molar-refractivity contribution >= 4 is 38.3 Å². The Balaban J connectivity index is 1.48. The molecule has 1 aliphatic heterocycles. The first-order valence-corrected chi connectivity index (χ1v) is 13.9. The van der Waals surface area contributed by atoms with E-state index in [-0.39, 0.29) is 30.8 Å². The van der Waals surface area contributed by atoms with Gasteiger partial charge in [-0.2, -0.15) is 0 Å². The first-order chi connectivity index (χ1) is 17.2. The van der Waals surface area contributed by atoms with Crippen molar-refractivity contribution in [3.63, 3.8) is 0 Å². The van der Waals surface area contributed by atoms with Crippen LogP contribution in [0.15, 0.2) is 71.6 Å². The van der Waals surface area contributed by atoms with Gasteiger partial charge in [0.25, 0.3) is 10.0 Å². The number of anilines is 1. The van der Waals surface area contributed by atoms with Crippen molar-refractivity contribution < 1.29 is 18.0 Å². The molecular formula is C28H33N3O4S. The maximum absolute atomic E-state index is 13.4. The molecule has 0 spiro atoms. The molecule has 3 aromatic rings. The van der Waals surface area contributed by atoms with E-state index in [4.69, 9.17) is 0 Å². The Labute approximate surface area is 213 Å². The predicted octanol–water partition coefficient (Wildman–Crippen LogP) is 4.46. The number of sulfonamides is 1. The van der Waals surface area contributed by atoms with Gasteiger partial charge in [-0.1, -0.05) is 61.5 Å². The highest BCUT2D eigenvalue weighted by Gasteiger charge is 2.35. The molecule has 2 atom stereocenters. The molecule has 1 heterocycles. The lowest BCUT2D eigenvalue weighted by Gasteiger charge is -2.30. The van der Waals surface area contributed by atoms with Gasteiger partial charge in [-0.25, -0.2) is 8.42 Å². The van der Waals surface area contributed by atoms with Crippen LogP contribution in [0.2, 0.25) is 0 Å². The summed E-state index contributed by atoms with van der Waals surface area (Å²) in [6.07, 6.45) is 1.27. The van der Waals surface area contributed by atoms with Gasteiger partial charge in [0.15, 0.2) is 0 Å². The Morgan fingerprint density at radius 1 is 0.972 bits per heavy atom. The summed E-state index contributed by atoms with van der Waals surface area (Å²) in [5.41, 5.74) is 1.58. The summed E-state index contributed by atoms with van der Waals surface area (Å²) in [5, 5.41) is 4.57. The third-order valence-corrected chi connectivity index (χ3v) is 8.65. The number of amides is 2. The van der Waals surface area contributed by atoms with Crippen LogP contribution >= 0.6 is 0 Å². The van der Waals surface area contributed by atoms with E-state index in [1.807, 2.05) is 62.4 Å². The van der Waals surface area contributed by atoms with Crippen molar-refractivity contribution in [1.29, 1.82) is 0 Å². The summed E-state index contributed by atoms with van der Waals surface area (Å²) >= 11 is 0. The minimum Gasteiger partial charge on any atom is -0.352 e. The summed E-state index contributed by atoms with van der Waals surface area (Å²) in [6.45, 7) is 6.16. The summed E-state index contributed by atoms with van der Waals surface area (Å²) in [5.74, 6) is -0.379. The Kier molecular flexibility index (Phi) is 7.64. The lowest BCUT2D eigenvalue weighted by atomic mass is 10.1. The van der Waals surface area contributed by atoms with E-state index in [1.54, 1.807) is 30.0 Å². The van der Waals surface area contributed by atoms with E-state index in [0.29, 0.717) is 23.5 Å². The quantitative estimate of drug-likeness (QED) is 0.439. The van der Waals surface area contributed by atoms with Crippen LogP contribution in [0.3, 0.4) is 0 Å². The van der Waals surface area contributed by atoms with Gasteiger partial charge < -0.3 is 10.2 Å².